The van der Waals surface area contributed by atoms with Crippen LogP contribution < -0.4 is 11.3 Å². The van der Waals surface area contributed by atoms with Crippen molar-refractivity contribution in [2.24, 2.45) is 5.73 Å². The average Bonchev–Trinajstić information content (AvgIpc) is 2.88. The van der Waals surface area contributed by atoms with Crippen molar-refractivity contribution < 1.29 is 0 Å². The van der Waals surface area contributed by atoms with Gasteiger partial charge in [-0.25, -0.2) is 9.67 Å². The van der Waals surface area contributed by atoms with Crippen LogP contribution in [-0.2, 0) is 12.1 Å². The van der Waals surface area contributed by atoms with Crippen LogP contribution in [-0.4, -0.2) is 25.0 Å². The molecule has 0 bridgehead atoms. The Bertz CT molecular complexity index is 842. The van der Waals surface area contributed by atoms with Gasteiger partial charge < -0.3 is 10.7 Å². The minimum absolute atomic E-state index is 0.224. The van der Waals surface area contributed by atoms with E-state index in [0.717, 1.165) is 5.52 Å². The number of aromatic amines is 1. The summed E-state index contributed by atoms with van der Waals surface area (Å²) < 4.78 is 1.57. The van der Waals surface area contributed by atoms with E-state index in [0.29, 0.717) is 16.9 Å². The first kappa shape index (κ1) is 13.4. The number of hydrogen-bond acceptors (Lipinski definition) is 5. The highest BCUT2D eigenvalue weighted by Gasteiger charge is 2.18. The topological polar surface area (TPSA) is 102 Å². The first-order valence-electron chi connectivity index (χ1n) is 6.61. The van der Waals surface area contributed by atoms with E-state index in [1.54, 1.807) is 10.9 Å². The standard InChI is InChI=1S/C14H16N6O/c1-14(2,15)12-8-20(19-18-12)7-11-13(21)17-10-6-4-3-5-9(10)16-11/h3-6,8H,7,15H2,1-2H3,(H,17,21). The van der Waals surface area contributed by atoms with Gasteiger partial charge in [0.05, 0.1) is 29.3 Å². The van der Waals surface area contributed by atoms with Crippen LogP contribution >= 0.6 is 0 Å². The predicted molar refractivity (Wildman–Crippen MR) is 78.7 cm³/mol. The normalized spacial score (nSPS) is 12.0. The van der Waals surface area contributed by atoms with E-state index in [-0.39, 0.29) is 12.1 Å². The number of aromatic nitrogens is 5. The molecule has 0 saturated carbocycles. The molecule has 0 atom stereocenters. The van der Waals surface area contributed by atoms with Crippen molar-refractivity contribution >= 4 is 11.0 Å². The Balaban J connectivity index is 1.96. The molecule has 108 valence electrons. The second-order valence-electron chi connectivity index (χ2n) is 5.55. The minimum atomic E-state index is -0.568. The first-order valence-corrected chi connectivity index (χ1v) is 6.61. The molecular formula is C14H16N6O. The Morgan fingerprint density at radius 3 is 2.81 bits per heavy atom. The van der Waals surface area contributed by atoms with Gasteiger partial charge in [-0.05, 0) is 26.0 Å². The number of para-hydroxylation sites is 2. The zero-order chi connectivity index (χ0) is 15.0. The lowest BCUT2D eigenvalue weighted by molar-refractivity contribution is 0.533. The molecule has 0 radical (unpaired) electrons. The van der Waals surface area contributed by atoms with Gasteiger partial charge in [0.15, 0.2) is 0 Å². The average molecular weight is 284 g/mol. The maximum Gasteiger partial charge on any atom is 0.272 e. The zero-order valence-electron chi connectivity index (χ0n) is 11.9. The fraction of sp³-hybridized carbons (Fsp3) is 0.286. The summed E-state index contributed by atoms with van der Waals surface area (Å²) in [5.41, 5.74) is 7.69. The molecule has 0 saturated heterocycles. The summed E-state index contributed by atoms with van der Waals surface area (Å²) in [6, 6.07) is 7.40. The molecule has 0 aliphatic heterocycles. The van der Waals surface area contributed by atoms with Crippen LogP contribution in [0.3, 0.4) is 0 Å². The van der Waals surface area contributed by atoms with Crippen molar-refractivity contribution in [2.45, 2.75) is 25.9 Å². The number of rotatable bonds is 3. The second-order valence-corrected chi connectivity index (χ2v) is 5.55. The van der Waals surface area contributed by atoms with Gasteiger partial charge in [0.25, 0.3) is 5.56 Å². The highest BCUT2D eigenvalue weighted by atomic mass is 16.1. The van der Waals surface area contributed by atoms with Crippen molar-refractivity contribution in [2.75, 3.05) is 0 Å². The van der Waals surface area contributed by atoms with Crippen molar-refractivity contribution in [3.8, 4) is 0 Å². The molecule has 0 aliphatic rings. The summed E-state index contributed by atoms with van der Waals surface area (Å²) >= 11 is 0. The SMILES string of the molecule is CC(C)(N)c1cn(Cc2nc3ccccc3[nH]c2=O)nn1. The summed E-state index contributed by atoms with van der Waals surface area (Å²) in [5.74, 6) is 0. The smallest absolute Gasteiger partial charge is 0.272 e. The van der Waals surface area contributed by atoms with E-state index in [2.05, 4.69) is 20.3 Å². The molecule has 2 heterocycles. The van der Waals surface area contributed by atoms with E-state index >= 15 is 0 Å². The number of benzene rings is 1. The van der Waals surface area contributed by atoms with Crippen LogP contribution in [0, 0.1) is 0 Å². The van der Waals surface area contributed by atoms with Crippen LogP contribution in [0.25, 0.3) is 11.0 Å². The van der Waals surface area contributed by atoms with Gasteiger partial charge in [-0.2, -0.15) is 0 Å². The summed E-state index contributed by atoms with van der Waals surface area (Å²) in [6.07, 6.45) is 1.73. The number of hydrogen-bond donors (Lipinski definition) is 2. The Hall–Kier alpha value is -2.54. The van der Waals surface area contributed by atoms with Gasteiger partial charge in [-0.15, -0.1) is 5.10 Å². The van der Waals surface area contributed by atoms with Crippen molar-refractivity contribution in [1.82, 2.24) is 25.0 Å². The molecule has 0 amide bonds. The maximum atomic E-state index is 12.0. The van der Waals surface area contributed by atoms with Crippen LogP contribution in [0.4, 0.5) is 0 Å². The van der Waals surface area contributed by atoms with Crippen molar-refractivity contribution in [3.05, 3.63) is 52.2 Å². The Kier molecular flexibility index (Phi) is 3.06. The molecule has 1 aromatic carbocycles. The number of nitrogens with two attached hydrogens (primary N) is 1. The third-order valence-electron chi connectivity index (χ3n) is 3.18. The number of H-pyrrole nitrogens is 1. The molecule has 3 rings (SSSR count). The quantitative estimate of drug-likeness (QED) is 0.739. The van der Waals surface area contributed by atoms with Gasteiger partial charge in [0, 0.05) is 0 Å². The van der Waals surface area contributed by atoms with Crippen LogP contribution in [0.2, 0.25) is 0 Å². The van der Waals surface area contributed by atoms with Gasteiger partial charge >= 0.3 is 0 Å². The monoisotopic (exact) mass is 284 g/mol. The molecule has 7 heteroatoms. The van der Waals surface area contributed by atoms with Crippen LogP contribution in [0.5, 0.6) is 0 Å². The number of nitrogens with zero attached hydrogens (tertiary/aromatic N) is 4. The van der Waals surface area contributed by atoms with Crippen molar-refractivity contribution in [1.29, 1.82) is 0 Å². The maximum absolute atomic E-state index is 12.0. The summed E-state index contributed by atoms with van der Waals surface area (Å²) in [4.78, 5) is 19.2. The fourth-order valence-electron chi connectivity index (χ4n) is 2.00. The van der Waals surface area contributed by atoms with Crippen LogP contribution in [0.15, 0.2) is 35.3 Å². The lowest BCUT2D eigenvalue weighted by atomic mass is 10.0. The lowest BCUT2D eigenvalue weighted by Gasteiger charge is -2.13. The molecule has 0 aliphatic carbocycles. The van der Waals surface area contributed by atoms with E-state index in [9.17, 15) is 4.79 Å². The Morgan fingerprint density at radius 1 is 1.33 bits per heavy atom. The Morgan fingerprint density at radius 2 is 2.10 bits per heavy atom. The third-order valence-corrected chi connectivity index (χ3v) is 3.18. The summed E-state index contributed by atoms with van der Waals surface area (Å²) in [6.45, 7) is 3.95. The zero-order valence-corrected chi connectivity index (χ0v) is 11.9. The van der Waals surface area contributed by atoms with E-state index in [1.165, 1.54) is 0 Å². The number of nitrogens with one attached hydrogen (secondary N) is 1. The molecule has 3 N–H and O–H groups in total. The lowest BCUT2D eigenvalue weighted by Crippen LogP contribution is -2.29. The van der Waals surface area contributed by atoms with Gasteiger partial charge in [-0.1, -0.05) is 17.3 Å². The second kappa shape index (κ2) is 4.78. The van der Waals surface area contributed by atoms with Gasteiger partial charge in [0.1, 0.15) is 11.4 Å². The van der Waals surface area contributed by atoms with Crippen LogP contribution in [0.1, 0.15) is 25.2 Å². The molecule has 0 unspecified atom stereocenters. The largest absolute Gasteiger partial charge is 0.320 e. The molecule has 0 fully saturated rings. The summed E-state index contributed by atoms with van der Waals surface area (Å²) in [5, 5.41) is 8.02. The first-order chi connectivity index (χ1) is 9.93. The molecule has 0 spiro atoms. The molecule has 21 heavy (non-hydrogen) atoms. The predicted octanol–water partition coefficient (Wildman–Crippen LogP) is 0.757. The number of fused-ring (bicyclic) bond motifs is 1. The minimum Gasteiger partial charge on any atom is -0.320 e. The van der Waals surface area contributed by atoms with Crippen molar-refractivity contribution in [3.63, 3.8) is 0 Å². The van der Waals surface area contributed by atoms with Gasteiger partial charge in [0.2, 0.25) is 0 Å². The van der Waals surface area contributed by atoms with E-state index in [4.69, 9.17) is 5.73 Å². The highest BCUT2D eigenvalue weighted by Crippen LogP contribution is 2.13. The molecule has 3 aromatic rings. The van der Waals surface area contributed by atoms with Gasteiger partial charge in [-0.3, -0.25) is 4.79 Å². The Labute approximate surface area is 120 Å². The summed E-state index contributed by atoms with van der Waals surface area (Å²) in [7, 11) is 0. The third kappa shape index (κ3) is 2.68. The molecular weight excluding hydrogens is 268 g/mol. The molecule has 7 nitrogen and oxygen atoms in total. The van der Waals surface area contributed by atoms with E-state index in [1.807, 2.05) is 38.1 Å². The molecule has 2 aromatic heterocycles. The van der Waals surface area contributed by atoms with E-state index < -0.39 is 5.54 Å². The fourth-order valence-corrected chi connectivity index (χ4v) is 2.00. The highest BCUT2D eigenvalue weighted by molar-refractivity contribution is 5.73.